The van der Waals surface area contributed by atoms with E-state index in [1.807, 2.05) is 29.7 Å². The van der Waals surface area contributed by atoms with Crippen LogP contribution >= 0.6 is 0 Å². The molecule has 3 rings (SSSR count). The maximum absolute atomic E-state index is 12.8. The molecule has 0 radical (unpaired) electrons. The molecule has 1 spiro atoms. The van der Waals surface area contributed by atoms with Crippen molar-refractivity contribution in [2.45, 2.75) is 39.5 Å². The molecule has 23 heavy (non-hydrogen) atoms. The lowest BCUT2D eigenvalue weighted by atomic mass is 9.79. The maximum atomic E-state index is 12.8. The van der Waals surface area contributed by atoms with Crippen LogP contribution in [0.4, 0.5) is 0 Å². The SMILES string of the molecule is CCN1CC[C@@]2(CCCN(C(=O)c3cnccc3C)CC2)C1=O. The van der Waals surface area contributed by atoms with Crippen molar-refractivity contribution in [1.82, 2.24) is 14.8 Å². The number of carbonyl (C=O) groups excluding carboxylic acids is 2. The van der Waals surface area contributed by atoms with Gasteiger partial charge in [0.25, 0.3) is 5.91 Å². The third-order valence-corrected chi connectivity index (χ3v) is 5.48. The summed E-state index contributed by atoms with van der Waals surface area (Å²) in [6.07, 6.45) is 6.88. The normalized spacial score (nSPS) is 25.0. The molecular formula is C18H25N3O2. The Bertz CT molecular complexity index is 616. The maximum Gasteiger partial charge on any atom is 0.255 e. The third-order valence-electron chi connectivity index (χ3n) is 5.48. The van der Waals surface area contributed by atoms with Crippen LogP contribution in [0.3, 0.4) is 0 Å². The lowest BCUT2D eigenvalue weighted by Crippen LogP contribution is -2.36. The van der Waals surface area contributed by atoms with E-state index in [4.69, 9.17) is 0 Å². The van der Waals surface area contributed by atoms with Crippen molar-refractivity contribution in [2.24, 2.45) is 5.41 Å². The van der Waals surface area contributed by atoms with Crippen LogP contribution in [-0.4, -0.2) is 52.8 Å². The Morgan fingerprint density at radius 2 is 2.04 bits per heavy atom. The van der Waals surface area contributed by atoms with Crippen LogP contribution in [0, 0.1) is 12.3 Å². The van der Waals surface area contributed by atoms with Crippen molar-refractivity contribution < 1.29 is 9.59 Å². The summed E-state index contributed by atoms with van der Waals surface area (Å²) in [4.78, 5) is 33.4. The Kier molecular flexibility index (Phi) is 4.37. The molecule has 5 heteroatoms. The average molecular weight is 315 g/mol. The molecule has 2 amide bonds. The van der Waals surface area contributed by atoms with Crippen molar-refractivity contribution in [3.8, 4) is 0 Å². The van der Waals surface area contributed by atoms with Crippen LogP contribution in [0.15, 0.2) is 18.5 Å². The molecule has 1 atom stereocenters. The summed E-state index contributed by atoms with van der Waals surface area (Å²) in [6, 6.07) is 1.87. The van der Waals surface area contributed by atoms with Gasteiger partial charge in [0.15, 0.2) is 0 Å². The van der Waals surface area contributed by atoms with E-state index in [1.165, 1.54) is 0 Å². The van der Waals surface area contributed by atoms with Crippen molar-refractivity contribution >= 4 is 11.8 Å². The standard InChI is InChI=1S/C18H25N3O2/c1-3-20-11-7-18(17(20)23)6-4-10-21(12-8-18)16(22)15-13-19-9-5-14(15)2/h5,9,13H,3-4,6-8,10-12H2,1-2H3/t18-/m1/s1. The summed E-state index contributed by atoms with van der Waals surface area (Å²) in [5, 5.41) is 0. The Balaban J connectivity index is 1.73. The molecule has 0 aliphatic carbocycles. The van der Waals surface area contributed by atoms with Crippen LogP contribution in [0.25, 0.3) is 0 Å². The molecule has 2 saturated heterocycles. The highest BCUT2D eigenvalue weighted by atomic mass is 16.2. The Morgan fingerprint density at radius 3 is 2.74 bits per heavy atom. The fourth-order valence-corrected chi connectivity index (χ4v) is 3.91. The Labute approximate surface area is 137 Å². The van der Waals surface area contributed by atoms with Crippen molar-refractivity contribution in [1.29, 1.82) is 0 Å². The number of hydrogen-bond donors (Lipinski definition) is 0. The van der Waals surface area contributed by atoms with Gasteiger partial charge in [-0.15, -0.1) is 0 Å². The quantitative estimate of drug-likeness (QED) is 0.841. The molecule has 3 heterocycles. The van der Waals surface area contributed by atoms with E-state index in [1.54, 1.807) is 12.4 Å². The van der Waals surface area contributed by atoms with E-state index in [0.29, 0.717) is 18.0 Å². The van der Waals surface area contributed by atoms with Crippen molar-refractivity contribution in [2.75, 3.05) is 26.2 Å². The lowest BCUT2D eigenvalue weighted by molar-refractivity contribution is -0.136. The highest BCUT2D eigenvalue weighted by Crippen LogP contribution is 2.41. The summed E-state index contributed by atoms with van der Waals surface area (Å²) in [5.74, 6) is 0.345. The minimum Gasteiger partial charge on any atom is -0.342 e. The van der Waals surface area contributed by atoms with Gasteiger partial charge in [-0.2, -0.15) is 0 Å². The summed E-state index contributed by atoms with van der Waals surface area (Å²) in [6.45, 7) is 7.02. The zero-order chi connectivity index (χ0) is 16.4. The highest BCUT2D eigenvalue weighted by molar-refractivity contribution is 5.95. The average Bonchev–Trinajstić information content (AvgIpc) is 2.73. The molecule has 1 aromatic rings. The van der Waals surface area contributed by atoms with Gasteiger partial charge in [0.2, 0.25) is 5.91 Å². The second-order valence-corrected chi connectivity index (χ2v) is 6.75. The molecule has 0 bridgehead atoms. The van der Waals surface area contributed by atoms with E-state index in [2.05, 4.69) is 4.98 Å². The van der Waals surface area contributed by atoms with Crippen molar-refractivity contribution in [3.63, 3.8) is 0 Å². The zero-order valence-corrected chi connectivity index (χ0v) is 14.0. The lowest BCUT2D eigenvalue weighted by Gasteiger charge is -2.26. The number of nitrogens with zero attached hydrogens (tertiary/aromatic N) is 3. The van der Waals surface area contributed by atoms with Crippen molar-refractivity contribution in [3.05, 3.63) is 29.6 Å². The fraction of sp³-hybridized carbons (Fsp3) is 0.611. The van der Waals surface area contributed by atoms with Gasteiger partial charge in [-0.1, -0.05) is 0 Å². The Morgan fingerprint density at radius 1 is 1.26 bits per heavy atom. The smallest absolute Gasteiger partial charge is 0.255 e. The number of rotatable bonds is 2. The topological polar surface area (TPSA) is 53.5 Å². The molecule has 2 aliphatic heterocycles. The highest BCUT2D eigenvalue weighted by Gasteiger charge is 2.46. The molecular weight excluding hydrogens is 290 g/mol. The summed E-state index contributed by atoms with van der Waals surface area (Å²) in [7, 11) is 0. The first kappa shape index (κ1) is 16.0. The van der Waals surface area contributed by atoms with Crippen LogP contribution in [-0.2, 0) is 4.79 Å². The number of likely N-dealkylation sites (tertiary alicyclic amines) is 2. The largest absolute Gasteiger partial charge is 0.342 e. The predicted octanol–water partition coefficient (Wildman–Crippen LogP) is 2.25. The number of aromatic nitrogens is 1. The molecule has 1 aromatic heterocycles. The molecule has 0 aromatic carbocycles. The summed E-state index contributed by atoms with van der Waals surface area (Å²) in [5.41, 5.74) is 1.41. The molecule has 2 fully saturated rings. The van der Waals surface area contributed by atoms with Gasteiger partial charge in [0.1, 0.15) is 0 Å². The number of amides is 2. The first-order valence-electron chi connectivity index (χ1n) is 8.57. The monoisotopic (exact) mass is 315 g/mol. The van der Waals surface area contributed by atoms with Gasteiger partial charge in [-0.25, -0.2) is 0 Å². The van der Waals surface area contributed by atoms with Gasteiger partial charge in [0, 0.05) is 38.6 Å². The van der Waals surface area contributed by atoms with Crippen LogP contribution in [0.1, 0.15) is 48.5 Å². The van der Waals surface area contributed by atoms with Gasteiger partial charge in [0.05, 0.1) is 11.0 Å². The summed E-state index contributed by atoms with van der Waals surface area (Å²) >= 11 is 0. The number of pyridine rings is 1. The van der Waals surface area contributed by atoms with Gasteiger partial charge in [-0.3, -0.25) is 14.6 Å². The Hall–Kier alpha value is -1.91. The molecule has 0 saturated carbocycles. The van der Waals surface area contributed by atoms with Gasteiger partial charge in [-0.05, 0) is 51.2 Å². The molecule has 5 nitrogen and oxygen atoms in total. The van der Waals surface area contributed by atoms with Gasteiger partial charge < -0.3 is 9.80 Å². The number of hydrogen-bond acceptors (Lipinski definition) is 3. The van der Waals surface area contributed by atoms with Crippen LogP contribution in [0.2, 0.25) is 0 Å². The van der Waals surface area contributed by atoms with Crippen LogP contribution < -0.4 is 0 Å². The second-order valence-electron chi connectivity index (χ2n) is 6.75. The first-order chi connectivity index (χ1) is 11.1. The molecule has 0 unspecified atom stereocenters. The van der Waals surface area contributed by atoms with E-state index in [9.17, 15) is 9.59 Å². The number of carbonyl (C=O) groups is 2. The first-order valence-corrected chi connectivity index (χ1v) is 8.57. The molecule has 0 N–H and O–H groups in total. The minimum atomic E-state index is -0.227. The third kappa shape index (κ3) is 2.84. The van der Waals surface area contributed by atoms with E-state index in [-0.39, 0.29) is 11.3 Å². The number of aryl methyl sites for hydroxylation is 1. The van der Waals surface area contributed by atoms with Gasteiger partial charge >= 0.3 is 0 Å². The second kappa shape index (κ2) is 6.30. The summed E-state index contributed by atoms with van der Waals surface area (Å²) < 4.78 is 0. The van der Waals surface area contributed by atoms with Crippen LogP contribution in [0.5, 0.6) is 0 Å². The molecule has 124 valence electrons. The molecule has 2 aliphatic rings. The van der Waals surface area contributed by atoms with E-state index < -0.39 is 0 Å². The minimum absolute atomic E-state index is 0.0467. The predicted molar refractivity (Wildman–Crippen MR) is 88.0 cm³/mol. The van der Waals surface area contributed by atoms with E-state index >= 15 is 0 Å². The van der Waals surface area contributed by atoms with E-state index in [0.717, 1.165) is 50.9 Å². The zero-order valence-electron chi connectivity index (χ0n) is 14.0. The fourth-order valence-electron chi connectivity index (χ4n) is 3.91.